The number of aryl methyl sites for hydroxylation is 1. The zero-order valence-corrected chi connectivity index (χ0v) is 8.59. The summed E-state index contributed by atoms with van der Waals surface area (Å²) in [6.45, 7) is 2.26. The Morgan fingerprint density at radius 3 is 2.79 bits per heavy atom. The molecule has 1 aromatic rings. The number of allylic oxidation sites excluding steroid dienone is 2. The van der Waals surface area contributed by atoms with Gasteiger partial charge in [0.1, 0.15) is 0 Å². The number of aliphatic hydroxyl groups is 1. The Bertz CT molecular complexity index is 363. The van der Waals surface area contributed by atoms with Crippen LogP contribution in [0.1, 0.15) is 36.0 Å². The van der Waals surface area contributed by atoms with Crippen molar-refractivity contribution in [3.63, 3.8) is 0 Å². The maximum absolute atomic E-state index is 9.00. The number of benzene rings is 1. The van der Waals surface area contributed by atoms with E-state index in [1.807, 2.05) is 6.07 Å². The quantitative estimate of drug-likeness (QED) is 0.756. The summed E-state index contributed by atoms with van der Waals surface area (Å²) in [5, 5.41) is 9.00. The van der Waals surface area contributed by atoms with Crippen LogP contribution in [0.15, 0.2) is 24.3 Å². The minimum atomic E-state index is 0.139. The fourth-order valence-corrected chi connectivity index (χ4v) is 2.10. The van der Waals surface area contributed by atoms with Crippen molar-refractivity contribution >= 4 is 5.57 Å². The predicted octanol–water partition coefficient (Wildman–Crippen LogP) is 3.05. The van der Waals surface area contributed by atoms with Crippen LogP contribution in [-0.4, -0.2) is 5.11 Å². The highest BCUT2D eigenvalue weighted by Gasteiger charge is 2.09. The first-order chi connectivity index (χ1) is 6.81. The van der Waals surface area contributed by atoms with Gasteiger partial charge in [0, 0.05) is 0 Å². The van der Waals surface area contributed by atoms with Crippen molar-refractivity contribution < 1.29 is 5.11 Å². The normalized spacial score (nSPS) is 15.7. The number of hydrogen-bond acceptors (Lipinski definition) is 1. The largest absolute Gasteiger partial charge is 0.392 e. The molecule has 74 valence electrons. The number of aliphatic hydroxyl groups excluding tert-OH is 1. The highest BCUT2D eigenvalue weighted by molar-refractivity contribution is 5.69. The lowest BCUT2D eigenvalue weighted by atomic mass is 9.98. The first kappa shape index (κ1) is 9.47. The highest BCUT2D eigenvalue weighted by atomic mass is 16.3. The first-order valence-corrected chi connectivity index (χ1v) is 5.21. The average Bonchev–Trinajstić information content (AvgIpc) is 2.70. The molecule has 0 radical (unpaired) electrons. The fourth-order valence-electron chi connectivity index (χ4n) is 2.10. The maximum atomic E-state index is 9.00. The summed E-state index contributed by atoms with van der Waals surface area (Å²) in [6, 6.07) is 6.23. The van der Waals surface area contributed by atoms with Crippen LogP contribution in [0.3, 0.4) is 0 Å². The van der Waals surface area contributed by atoms with Crippen molar-refractivity contribution in [1.82, 2.24) is 0 Å². The van der Waals surface area contributed by atoms with E-state index in [1.54, 1.807) is 0 Å². The molecule has 0 bridgehead atoms. The molecule has 0 saturated heterocycles. The van der Waals surface area contributed by atoms with Gasteiger partial charge in [-0.15, -0.1) is 0 Å². The van der Waals surface area contributed by atoms with Gasteiger partial charge in [-0.25, -0.2) is 0 Å². The van der Waals surface area contributed by atoms with E-state index >= 15 is 0 Å². The molecular weight excluding hydrogens is 172 g/mol. The standard InChI is InChI=1S/C13H16O/c1-10-8-11(9-14)6-7-13(10)12-4-2-3-5-12/h4,6-8,14H,2-3,5,9H2,1H3. The van der Waals surface area contributed by atoms with E-state index in [0.29, 0.717) is 0 Å². The van der Waals surface area contributed by atoms with Crippen molar-refractivity contribution in [2.75, 3.05) is 0 Å². The van der Waals surface area contributed by atoms with Gasteiger partial charge >= 0.3 is 0 Å². The molecule has 0 heterocycles. The molecule has 1 aromatic carbocycles. The summed E-state index contributed by atoms with van der Waals surface area (Å²) in [6.07, 6.45) is 6.05. The third-order valence-electron chi connectivity index (χ3n) is 2.86. The molecule has 0 saturated carbocycles. The van der Waals surface area contributed by atoms with E-state index in [0.717, 1.165) is 5.56 Å². The van der Waals surface area contributed by atoms with Crippen LogP contribution in [-0.2, 0) is 6.61 Å². The summed E-state index contributed by atoms with van der Waals surface area (Å²) >= 11 is 0. The average molecular weight is 188 g/mol. The topological polar surface area (TPSA) is 20.2 Å². The van der Waals surface area contributed by atoms with Crippen LogP contribution in [0.25, 0.3) is 5.57 Å². The van der Waals surface area contributed by atoms with Gasteiger partial charge in [-0.1, -0.05) is 24.3 Å². The molecule has 1 aliphatic carbocycles. The fraction of sp³-hybridized carbons (Fsp3) is 0.385. The molecule has 1 heteroatoms. The lowest BCUT2D eigenvalue weighted by Crippen LogP contribution is -1.90. The highest BCUT2D eigenvalue weighted by Crippen LogP contribution is 2.29. The van der Waals surface area contributed by atoms with Crippen molar-refractivity contribution in [2.24, 2.45) is 0 Å². The second-order valence-electron chi connectivity index (χ2n) is 3.93. The molecule has 1 nitrogen and oxygen atoms in total. The van der Waals surface area contributed by atoms with Crippen LogP contribution in [0.4, 0.5) is 0 Å². The van der Waals surface area contributed by atoms with Gasteiger partial charge in [0.05, 0.1) is 6.61 Å². The Morgan fingerprint density at radius 2 is 2.21 bits per heavy atom. The SMILES string of the molecule is Cc1cc(CO)ccc1C1=CCCC1. The lowest BCUT2D eigenvalue weighted by molar-refractivity contribution is 0.282. The van der Waals surface area contributed by atoms with Crippen molar-refractivity contribution in [3.05, 3.63) is 41.0 Å². The smallest absolute Gasteiger partial charge is 0.0681 e. The van der Waals surface area contributed by atoms with Crippen LogP contribution >= 0.6 is 0 Å². The monoisotopic (exact) mass is 188 g/mol. The van der Waals surface area contributed by atoms with Gasteiger partial charge < -0.3 is 5.11 Å². The van der Waals surface area contributed by atoms with E-state index in [-0.39, 0.29) is 6.61 Å². The molecule has 14 heavy (non-hydrogen) atoms. The molecule has 2 rings (SSSR count). The minimum absolute atomic E-state index is 0.139. The second-order valence-corrected chi connectivity index (χ2v) is 3.93. The third kappa shape index (κ3) is 1.73. The molecule has 0 unspecified atom stereocenters. The van der Waals surface area contributed by atoms with Gasteiger partial charge in [-0.2, -0.15) is 0 Å². The molecule has 0 atom stereocenters. The van der Waals surface area contributed by atoms with Crippen molar-refractivity contribution in [2.45, 2.75) is 32.8 Å². The Morgan fingerprint density at radius 1 is 1.36 bits per heavy atom. The molecule has 1 aliphatic rings. The third-order valence-corrected chi connectivity index (χ3v) is 2.86. The number of hydrogen-bond donors (Lipinski definition) is 1. The van der Waals surface area contributed by atoms with Gasteiger partial charge in [0.2, 0.25) is 0 Å². The van der Waals surface area contributed by atoms with E-state index in [4.69, 9.17) is 5.11 Å². The second kappa shape index (κ2) is 3.97. The molecule has 0 amide bonds. The summed E-state index contributed by atoms with van der Waals surface area (Å²) in [4.78, 5) is 0. The molecule has 0 aliphatic heterocycles. The maximum Gasteiger partial charge on any atom is 0.0681 e. The van der Waals surface area contributed by atoms with Gasteiger partial charge in [-0.3, -0.25) is 0 Å². The van der Waals surface area contributed by atoms with Gasteiger partial charge in [0.25, 0.3) is 0 Å². The van der Waals surface area contributed by atoms with Gasteiger partial charge in [-0.05, 0) is 48.4 Å². The summed E-state index contributed by atoms with van der Waals surface area (Å²) in [5.74, 6) is 0. The molecule has 0 spiro atoms. The summed E-state index contributed by atoms with van der Waals surface area (Å²) < 4.78 is 0. The molecule has 0 fully saturated rings. The zero-order chi connectivity index (χ0) is 9.97. The van der Waals surface area contributed by atoms with Crippen LogP contribution in [0.2, 0.25) is 0 Å². The van der Waals surface area contributed by atoms with Crippen molar-refractivity contribution in [1.29, 1.82) is 0 Å². The first-order valence-electron chi connectivity index (χ1n) is 5.21. The lowest BCUT2D eigenvalue weighted by Gasteiger charge is -2.08. The van der Waals surface area contributed by atoms with Gasteiger partial charge in [0.15, 0.2) is 0 Å². The molecule has 1 N–H and O–H groups in total. The predicted molar refractivity (Wildman–Crippen MR) is 58.9 cm³/mol. The van der Waals surface area contributed by atoms with E-state index < -0.39 is 0 Å². The van der Waals surface area contributed by atoms with E-state index in [1.165, 1.54) is 36.0 Å². The number of rotatable bonds is 2. The Kier molecular flexibility index (Phi) is 2.69. The Hall–Kier alpha value is -1.08. The molecular formula is C13H16O. The Labute approximate surface area is 85.1 Å². The summed E-state index contributed by atoms with van der Waals surface area (Å²) in [7, 11) is 0. The molecule has 0 aromatic heterocycles. The zero-order valence-electron chi connectivity index (χ0n) is 8.59. The minimum Gasteiger partial charge on any atom is -0.392 e. The van der Waals surface area contributed by atoms with E-state index in [2.05, 4.69) is 25.1 Å². The summed E-state index contributed by atoms with van der Waals surface area (Å²) in [5.41, 5.74) is 5.13. The van der Waals surface area contributed by atoms with Crippen LogP contribution in [0, 0.1) is 6.92 Å². The van der Waals surface area contributed by atoms with Crippen LogP contribution < -0.4 is 0 Å². The Balaban J connectivity index is 2.34. The van der Waals surface area contributed by atoms with Crippen LogP contribution in [0.5, 0.6) is 0 Å². The van der Waals surface area contributed by atoms with E-state index in [9.17, 15) is 0 Å². The van der Waals surface area contributed by atoms with Crippen molar-refractivity contribution in [3.8, 4) is 0 Å².